The molecule has 13 heavy (non-hydrogen) atoms. The lowest BCUT2D eigenvalue weighted by molar-refractivity contribution is 1.15. The minimum absolute atomic E-state index is 0.842. The van der Waals surface area contributed by atoms with Crippen molar-refractivity contribution in [2.75, 3.05) is 0 Å². The third-order valence-corrected chi connectivity index (χ3v) is 4.17. The number of hydrogen-bond donors (Lipinski definition) is 0. The van der Waals surface area contributed by atoms with E-state index in [1.165, 1.54) is 15.6 Å². The molecule has 0 radical (unpaired) electrons. The molecule has 0 aliphatic rings. The maximum Gasteiger partial charge on any atom is 0.0595 e. The van der Waals surface area contributed by atoms with Crippen molar-refractivity contribution in [3.05, 3.63) is 32.6 Å². The van der Waals surface area contributed by atoms with Crippen molar-refractivity contribution in [2.45, 2.75) is 13.3 Å². The number of thiophene rings is 1. The van der Waals surface area contributed by atoms with Crippen LogP contribution in [0.3, 0.4) is 0 Å². The molecule has 0 nitrogen and oxygen atoms in total. The van der Waals surface area contributed by atoms with E-state index >= 15 is 0 Å². The molecule has 2 rings (SSSR count). The molecule has 0 unspecified atom stereocenters. The zero-order chi connectivity index (χ0) is 9.42. The summed E-state index contributed by atoms with van der Waals surface area (Å²) < 4.78 is 2.31. The Kier molecular flexibility index (Phi) is 2.63. The summed E-state index contributed by atoms with van der Waals surface area (Å²) in [7, 11) is 0. The Hall–Kier alpha value is -0.0500. The number of hydrogen-bond acceptors (Lipinski definition) is 1. The number of benzene rings is 1. The molecule has 0 saturated heterocycles. The van der Waals surface area contributed by atoms with Crippen molar-refractivity contribution >= 4 is 49.0 Å². The van der Waals surface area contributed by atoms with Gasteiger partial charge in [0, 0.05) is 4.47 Å². The largest absolute Gasteiger partial charge is 0.142 e. The van der Waals surface area contributed by atoms with Crippen LogP contribution >= 0.6 is 38.9 Å². The molecule has 0 amide bonds. The van der Waals surface area contributed by atoms with Crippen molar-refractivity contribution < 1.29 is 0 Å². The number of fused-ring (bicyclic) bond motifs is 1. The van der Waals surface area contributed by atoms with E-state index in [-0.39, 0.29) is 0 Å². The lowest BCUT2D eigenvalue weighted by Gasteiger charge is -2.04. The Bertz CT molecular complexity index is 447. The molecule has 2 aromatic rings. The van der Waals surface area contributed by atoms with Crippen molar-refractivity contribution in [1.29, 1.82) is 0 Å². The zero-order valence-corrected chi connectivity index (χ0v) is 10.3. The van der Waals surface area contributed by atoms with Gasteiger partial charge in [0.15, 0.2) is 0 Å². The van der Waals surface area contributed by atoms with Crippen molar-refractivity contribution in [1.82, 2.24) is 0 Å². The van der Waals surface area contributed by atoms with Crippen LogP contribution < -0.4 is 0 Å². The van der Waals surface area contributed by atoms with E-state index in [0.717, 1.165) is 15.9 Å². The van der Waals surface area contributed by atoms with Crippen LogP contribution in [-0.2, 0) is 6.42 Å². The molecule has 1 aromatic heterocycles. The highest BCUT2D eigenvalue weighted by molar-refractivity contribution is 9.10. The average Bonchev–Trinajstić information content (AvgIpc) is 2.53. The highest BCUT2D eigenvalue weighted by Gasteiger charge is 2.08. The molecule has 0 aliphatic heterocycles. The Morgan fingerprint density at radius 1 is 1.54 bits per heavy atom. The first kappa shape index (κ1) is 9.50. The van der Waals surface area contributed by atoms with Crippen LogP contribution in [0.5, 0.6) is 0 Å². The summed E-state index contributed by atoms with van der Waals surface area (Å²) in [6, 6.07) is 4.12. The third kappa shape index (κ3) is 1.51. The van der Waals surface area contributed by atoms with Gasteiger partial charge < -0.3 is 0 Å². The van der Waals surface area contributed by atoms with E-state index in [1.807, 2.05) is 6.07 Å². The minimum Gasteiger partial charge on any atom is -0.142 e. The molecule has 68 valence electrons. The molecular formula is C10H8BrClS. The summed E-state index contributed by atoms with van der Waals surface area (Å²) in [4.78, 5) is 0. The van der Waals surface area contributed by atoms with Gasteiger partial charge in [-0.05, 0) is 34.9 Å². The van der Waals surface area contributed by atoms with Crippen LogP contribution in [0.25, 0.3) is 10.1 Å². The highest BCUT2D eigenvalue weighted by atomic mass is 79.9. The van der Waals surface area contributed by atoms with Gasteiger partial charge in [-0.3, -0.25) is 0 Å². The van der Waals surface area contributed by atoms with Crippen LogP contribution in [0.15, 0.2) is 22.0 Å². The van der Waals surface area contributed by atoms with Gasteiger partial charge in [0.2, 0.25) is 0 Å². The fourth-order valence-corrected chi connectivity index (χ4v) is 3.51. The van der Waals surface area contributed by atoms with Crippen molar-refractivity contribution in [3.8, 4) is 0 Å². The highest BCUT2D eigenvalue weighted by Crippen LogP contribution is 2.36. The molecule has 0 fully saturated rings. The van der Waals surface area contributed by atoms with Crippen LogP contribution in [0, 0.1) is 0 Å². The van der Waals surface area contributed by atoms with Crippen LogP contribution in [0.4, 0.5) is 0 Å². The topological polar surface area (TPSA) is 0 Å². The normalized spacial score (nSPS) is 11.0. The van der Waals surface area contributed by atoms with Gasteiger partial charge in [0.05, 0.1) is 9.72 Å². The first-order valence-electron chi connectivity index (χ1n) is 4.08. The van der Waals surface area contributed by atoms with E-state index in [1.54, 1.807) is 11.3 Å². The van der Waals surface area contributed by atoms with Crippen LogP contribution in [0.2, 0.25) is 5.02 Å². The Labute approximate surface area is 94.7 Å². The number of rotatable bonds is 1. The third-order valence-electron chi connectivity index (χ3n) is 2.10. The van der Waals surface area contributed by atoms with Crippen molar-refractivity contribution in [3.63, 3.8) is 0 Å². The second-order valence-electron chi connectivity index (χ2n) is 2.84. The van der Waals surface area contributed by atoms with Gasteiger partial charge in [-0.15, -0.1) is 11.3 Å². The fraction of sp³-hybridized carbons (Fsp3) is 0.200. The molecule has 0 aliphatic carbocycles. The second-order valence-corrected chi connectivity index (χ2v) is 5.01. The van der Waals surface area contributed by atoms with E-state index in [0.29, 0.717) is 0 Å². The molecule has 1 aromatic carbocycles. The fourth-order valence-electron chi connectivity index (χ4n) is 1.48. The summed E-state index contributed by atoms with van der Waals surface area (Å²) >= 11 is 11.3. The molecule has 0 saturated carbocycles. The smallest absolute Gasteiger partial charge is 0.0595 e. The zero-order valence-electron chi connectivity index (χ0n) is 7.10. The maximum absolute atomic E-state index is 6.11. The van der Waals surface area contributed by atoms with Crippen molar-refractivity contribution in [2.24, 2.45) is 0 Å². The van der Waals surface area contributed by atoms with Gasteiger partial charge in [-0.25, -0.2) is 0 Å². The Balaban J connectivity index is 2.88. The molecule has 0 spiro atoms. The first-order chi connectivity index (χ1) is 6.24. The quantitative estimate of drug-likeness (QED) is 0.696. The van der Waals surface area contributed by atoms with Gasteiger partial charge in [0.1, 0.15) is 0 Å². The molecular weight excluding hydrogens is 268 g/mol. The van der Waals surface area contributed by atoms with E-state index in [2.05, 4.69) is 34.3 Å². The van der Waals surface area contributed by atoms with E-state index < -0.39 is 0 Å². The lowest BCUT2D eigenvalue weighted by Crippen LogP contribution is -1.83. The van der Waals surface area contributed by atoms with Crippen LogP contribution in [-0.4, -0.2) is 0 Å². The summed E-state index contributed by atoms with van der Waals surface area (Å²) in [6.45, 7) is 2.16. The Morgan fingerprint density at radius 2 is 2.31 bits per heavy atom. The van der Waals surface area contributed by atoms with E-state index in [9.17, 15) is 0 Å². The maximum atomic E-state index is 6.11. The molecule has 0 N–H and O–H groups in total. The predicted octanol–water partition coefficient (Wildman–Crippen LogP) is 4.88. The summed E-state index contributed by atoms with van der Waals surface area (Å²) in [5, 5.41) is 4.21. The van der Waals surface area contributed by atoms with Gasteiger partial charge in [-0.2, -0.15) is 0 Å². The minimum atomic E-state index is 0.842. The average molecular weight is 276 g/mol. The molecule has 1 heterocycles. The number of aryl methyl sites for hydroxylation is 1. The van der Waals surface area contributed by atoms with Crippen LogP contribution in [0.1, 0.15) is 12.5 Å². The lowest BCUT2D eigenvalue weighted by atomic mass is 10.1. The Morgan fingerprint density at radius 3 is 3.00 bits per heavy atom. The number of halogens is 2. The molecule has 0 bridgehead atoms. The monoisotopic (exact) mass is 274 g/mol. The SMILES string of the molecule is CCc1c(Br)cc(Cl)c2sccc12. The molecule has 0 atom stereocenters. The second kappa shape index (κ2) is 3.60. The molecule has 3 heteroatoms. The summed E-state index contributed by atoms with van der Waals surface area (Å²) in [6.07, 6.45) is 1.03. The first-order valence-corrected chi connectivity index (χ1v) is 6.13. The van der Waals surface area contributed by atoms with Gasteiger partial charge in [0.25, 0.3) is 0 Å². The standard InChI is InChI=1S/C10H8BrClS/c1-2-6-7-3-4-13-10(7)9(12)5-8(6)11/h3-5H,2H2,1H3. The predicted molar refractivity (Wildman–Crippen MR) is 63.9 cm³/mol. The van der Waals surface area contributed by atoms with E-state index in [4.69, 9.17) is 11.6 Å². The van der Waals surface area contributed by atoms with Gasteiger partial charge in [-0.1, -0.05) is 34.5 Å². The summed E-state index contributed by atoms with van der Waals surface area (Å²) in [5.41, 5.74) is 1.35. The van der Waals surface area contributed by atoms with Gasteiger partial charge >= 0.3 is 0 Å². The summed E-state index contributed by atoms with van der Waals surface area (Å²) in [5.74, 6) is 0.